The average molecular weight is 415 g/mol. The Balaban J connectivity index is 1.51. The summed E-state index contributed by atoms with van der Waals surface area (Å²) >= 11 is 0. The van der Waals surface area contributed by atoms with Gasteiger partial charge in [0.15, 0.2) is 6.10 Å². The molecule has 0 aliphatic carbocycles. The highest BCUT2D eigenvalue weighted by Gasteiger charge is 2.25. The summed E-state index contributed by atoms with van der Waals surface area (Å²) in [4.78, 5) is 28.9. The van der Waals surface area contributed by atoms with Crippen molar-refractivity contribution < 1.29 is 14.3 Å². The molecule has 2 aromatic carbocycles. The third-order valence-corrected chi connectivity index (χ3v) is 5.58. The minimum Gasteiger partial charge on any atom is -0.454 e. The highest BCUT2D eigenvalue weighted by Crippen LogP contribution is 2.24. The van der Waals surface area contributed by atoms with Gasteiger partial charge in [-0.05, 0) is 45.9 Å². The summed E-state index contributed by atoms with van der Waals surface area (Å²) in [6.07, 6.45) is -0.815. The second-order valence-corrected chi connectivity index (χ2v) is 7.74. The van der Waals surface area contributed by atoms with Crippen LogP contribution in [0.25, 0.3) is 16.6 Å². The Kier molecular flexibility index (Phi) is 5.46. The van der Waals surface area contributed by atoms with E-state index in [1.54, 1.807) is 6.92 Å². The number of esters is 1. The van der Waals surface area contributed by atoms with Gasteiger partial charge in [0.05, 0.1) is 17.8 Å². The van der Waals surface area contributed by atoms with E-state index in [0.29, 0.717) is 5.56 Å². The third-order valence-electron chi connectivity index (χ3n) is 5.58. The molecule has 0 bridgehead atoms. The molecule has 4 rings (SSSR count). The lowest BCUT2D eigenvalue weighted by Gasteiger charge is -2.13. The minimum atomic E-state index is -0.879. The van der Waals surface area contributed by atoms with Gasteiger partial charge in [0.1, 0.15) is 0 Å². The fourth-order valence-electron chi connectivity index (χ4n) is 3.99. The van der Waals surface area contributed by atoms with Crippen LogP contribution in [0, 0.1) is 20.8 Å². The first-order chi connectivity index (χ1) is 14.9. The minimum absolute atomic E-state index is 0.0645. The zero-order valence-corrected chi connectivity index (χ0v) is 18.1. The number of ether oxygens (including phenoxy) is 1. The van der Waals surface area contributed by atoms with Crippen molar-refractivity contribution in [3.05, 3.63) is 82.8 Å². The fourth-order valence-corrected chi connectivity index (χ4v) is 3.99. The highest BCUT2D eigenvalue weighted by molar-refractivity contribution is 6.11. The van der Waals surface area contributed by atoms with Gasteiger partial charge in [0.2, 0.25) is 5.78 Å². The molecule has 2 aromatic heterocycles. The van der Waals surface area contributed by atoms with E-state index in [-0.39, 0.29) is 12.2 Å². The molecule has 1 N–H and O–H groups in total. The van der Waals surface area contributed by atoms with E-state index in [1.807, 2.05) is 80.1 Å². The highest BCUT2D eigenvalue weighted by atomic mass is 16.5. The van der Waals surface area contributed by atoms with E-state index < -0.39 is 12.1 Å². The van der Waals surface area contributed by atoms with Crippen LogP contribution in [0.5, 0.6) is 0 Å². The van der Waals surface area contributed by atoms with Gasteiger partial charge in [-0.25, -0.2) is 4.68 Å². The van der Waals surface area contributed by atoms with Crippen LogP contribution in [0.4, 0.5) is 0 Å². The predicted molar refractivity (Wildman–Crippen MR) is 120 cm³/mol. The lowest BCUT2D eigenvalue weighted by Crippen LogP contribution is -2.25. The predicted octanol–water partition coefficient (Wildman–Crippen LogP) is 4.64. The Bertz CT molecular complexity index is 1270. The summed E-state index contributed by atoms with van der Waals surface area (Å²) in [5.41, 5.74) is 5.63. The monoisotopic (exact) mass is 415 g/mol. The fraction of sp³-hybridized carbons (Fsp3) is 0.240. The molecule has 31 heavy (non-hydrogen) atoms. The molecule has 1 atom stereocenters. The Morgan fingerprint density at radius 1 is 1.03 bits per heavy atom. The molecule has 0 unspecified atom stereocenters. The van der Waals surface area contributed by atoms with Crippen molar-refractivity contribution >= 4 is 22.7 Å². The summed E-state index contributed by atoms with van der Waals surface area (Å²) in [7, 11) is 0. The van der Waals surface area contributed by atoms with Crippen molar-refractivity contribution in [3.63, 3.8) is 0 Å². The smallest absolute Gasteiger partial charge is 0.311 e. The van der Waals surface area contributed by atoms with Gasteiger partial charge in [0.25, 0.3) is 0 Å². The molecule has 0 spiro atoms. The van der Waals surface area contributed by atoms with Gasteiger partial charge < -0.3 is 9.72 Å². The van der Waals surface area contributed by atoms with E-state index in [1.165, 1.54) is 0 Å². The molecular formula is C25H25N3O3. The molecule has 6 nitrogen and oxygen atoms in total. The number of aromatic nitrogens is 3. The summed E-state index contributed by atoms with van der Waals surface area (Å²) in [5, 5.41) is 5.41. The number of benzene rings is 2. The van der Waals surface area contributed by atoms with Crippen LogP contribution in [0.2, 0.25) is 0 Å². The molecule has 6 heteroatoms. The van der Waals surface area contributed by atoms with Crippen LogP contribution < -0.4 is 0 Å². The summed E-state index contributed by atoms with van der Waals surface area (Å²) in [6, 6.07) is 17.4. The molecular weight excluding hydrogens is 390 g/mol. The number of hydrogen-bond donors (Lipinski definition) is 1. The van der Waals surface area contributed by atoms with Gasteiger partial charge in [-0.15, -0.1) is 0 Å². The van der Waals surface area contributed by atoms with Crippen LogP contribution in [-0.2, 0) is 16.0 Å². The van der Waals surface area contributed by atoms with E-state index in [0.717, 1.165) is 39.2 Å². The number of aryl methyl sites for hydroxylation is 2. The number of ketones is 1. The van der Waals surface area contributed by atoms with Crippen LogP contribution in [0.3, 0.4) is 0 Å². The Morgan fingerprint density at radius 2 is 1.71 bits per heavy atom. The number of carbonyl (C=O) groups is 2. The van der Waals surface area contributed by atoms with E-state index in [2.05, 4.69) is 10.1 Å². The van der Waals surface area contributed by atoms with Gasteiger partial charge in [0, 0.05) is 33.4 Å². The second kappa shape index (κ2) is 8.22. The van der Waals surface area contributed by atoms with Crippen molar-refractivity contribution in [1.29, 1.82) is 0 Å². The maximum Gasteiger partial charge on any atom is 0.311 e. The van der Waals surface area contributed by atoms with Crippen LogP contribution >= 0.6 is 0 Å². The van der Waals surface area contributed by atoms with Crippen molar-refractivity contribution in [3.8, 4) is 5.69 Å². The van der Waals surface area contributed by atoms with Crippen LogP contribution in [0.1, 0.15) is 39.9 Å². The first-order valence-electron chi connectivity index (χ1n) is 10.3. The second-order valence-electron chi connectivity index (χ2n) is 7.74. The van der Waals surface area contributed by atoms with Crippen LogP contribution in [0.15, 0.2) is 54.6 Å². The number of fused-ring (bicyclic) bond motifs is 1. The summed E-state index contributed by atoms with van der Waals surface area (Å²) in [5.74, 6) is -0.658. The number of para-hydroxylation sites is 2. The van der Waals surface area contributed by atoms with Crippen molar-refractivity contribution in [2.45, 2.75) is 40.2 Å². The number of aromatic amines is 1. The molecule has 0 fully saturated rings. The SMILES string of the molecule is Cc1nn(-c2ccccc2)c(C)c1CC(=O)O[C@H](C)C(=O)c1c(C)[nH]c2ccccc12. The molecule has 2 heterocycles. The standard InChI is InChI=1S/C25H25N3O3/c1-15-21(17(3)28(27-15)19-10-6-5-7-11-19)14-23(29)31-18(4)25(30)24-16(2)26-22-13-9-8-12-20(22)24/h5-13,18,26H,14H2,1-4H3/t18-/m1/s1. The van der Waals surface area contributed by atoms with Crippen molar-refractivity contribution in [2.24, 2.45) is 0 Å². The Labute approximate surface area is 180 Å². The molecule has 0 saturated carbocycles. The maximum atomic E-state index is 13.0. The molecule has 0 aliphatic heterocycles. The van der Waals surface area contributed by atoms with E-state index in [4.69, 9.17) is 4.74 Å². The molecule has 0 amide bonds. The number of hydrogen-bond acceptors (Lipinski definition) is 4. The summed E-state index contributed by atoms with van der Waals surface area (Å²) in [6.45, 7) is 7.28. The maximum absolute atomic E-state index is 13.0. The van der Waals surface area contributed by atoms with Crippen LogP contribution in [-0.4, -0.2) is 32.6 Å². The van der Waals surface area contributed by atoms with Gasteiger partial charge >= 0.3 is 5.97 Å². The molecule has 0 aliphatic rings. The molecule has 4 aromatic rings. The number of nitrogens with zero attached hydrogens (tertiary/aromatic N) is 2. The van der Waals surface area contributed by atoms with Gasteiger partial charge in [-0.2, -0.15) is 5.10 Å². The van der Waals surface area contributed by atoms with Gasteiger partial charge in [-0.3, -0.25) is 9.59 Å². The zero-order valence-electron chi connectivity index (χ0n) is 18.1. The number of nitrogens with one attached hydrogen (secondary N) is 1. The third kappa shape index (κ3) is 3.89. The molecule has 0 saturated heterocycles. The zero-order chi connectivity index (χ0) is 22.1. The Hall–Kier alpha value is -3.67. The van der Waals surface area contributed by atoms with Crippen molar-refractivity contribution in [1.82, 2.24) is 14.8 Å². The van der Waals surface area contributed by atoms with Crippen molar-refractivity contribution in [2.75, 3.05) is 0 Å². The average Bonchev–Trinajstić information content (AvgIpc) is 3.24. The normalized spacial score (nSPS) is 12.1. The van der Waals surface area contributed by atoms with Gasteiger partial charge in [-0.1, -0.05) is 36.4 Å². The number of H-pyrrole nitrogens is 1. The molecule has 0 radical (unpaired) electrons. The molecule has 158 valence electrons. The quantitative estimate of drug-likeness (QED) is 0.368. The first-order valence-corrected chi connectivity index (χ1v) is 10.3. The summed E-state index contributed by atoms with van der Waals surface area (Å²) < 4.78 is 7.35. The lowest BCUT2D eigenvalue weighted by atomic mass is 10.0. The topological polar surface area (TPSA) is 77.0 Å². The largest absolute Gasteiger partial charge is 0.454 e. The Morgan fingerprint density at radius 3 is 2.45 bits per heavy atom. The first kappa shape index (κ1) is 20.6. The number of carbonyl (C=O) groups excluding carboxylic acids is 2. The number of rotatable bonds is 6. The van der Waals surface area contributed by atoms with E-state index in [9.17, 15) is 9.59 Å². The van der Waals surface area contributed by atoms with E-state index >= 15 is 0 Å². The lowest BCUT2D eigenvalue weighted by molar-refractivity contribution is -0.145. The number of Topliss-reactive ketones (excluding diaryl/α,β-unsaturated/α-hetero) is 1.